The van der Waals surface area contributed by atoms with Gasteiger partial charge in [-0.05, 0) is 27.0 Å². The minimum atomic E-state index is -0.364. The molecule has 1 aromatic heterocycles. The number of hydrogen-bond donors (Lipinski definition) is 2. The summed E-state index contributed by atoms with van der Waals surface area (Å²) in [5, 5.41) is 4.16. The van der Waals surface area contributed by atoms with E-state index in [9.17, 15) is 4.79 Å². The number of nitrogens with two attached hydrogens (primary N) is 1. The van der Waals surface area contributed by atoms with Crippen molar-refractivity contribution in [3.8, 4) is 0 Å². The molecule has 1 heterocycles. The zero-order valence-electron chi connectivity index (χ0n) is 12.3. The van der Waals surface area contributed by atoms with Gasteiger partial charge in [0.05, 0.1) is 29.9 Å². The van der Waals surface area contributed by atoms with Crippen molar-refractivity contribution in [2.75, 3.05) is 37.1 Å². The molecule has 0 unspecified atom stereocenters. The van der Waals surface area contributed by atoms with E-state index in [0.29, 0.717) is 30.3 Å². The fourth-order valence-corrected chi connectivity index (χ4v) is 3.51. The average Bonchev–Trinajstić information content (AvgIpc) is 2.71. The first-order valence-electron chi connectivity index (χ1n) is 6.50. The Morgan fingerprint density at radius 2 is 2.20 bits per heavy atom. The van der Waals surface area contributed by atoms with Crippen LogP contribution in [-0.2, 0) is 9.47 Å². The Morgan fingerprint density at radius 3 is 2.75 bits per heavy atom. The molecule has 0 saturated heterocycles. The van der Waals surface area contributed by atoms with Crippen molar-refractivity contribution in [3.63, 3.8) is 0 Å². The summed E-state index contributed by atoms with van der Waals surface area (Å²) in [6.45, 7) is 7.39. The number of carbonyl (C=O) groups excluding carboxylic acids is 1. The van der Waals surface area contributed by atoms with Crippen LogP contribution in [0.4, 0.5) is 10.7 Å². The number of anilines is 2. The number of esters is 1. The van der Waals surface area contributed by atoms with Crippen LogP contribution in [0.1, 0.15) is 30.4 Å². The Bertz CT molecular complexity index is 447. The third kappa shape index (κ3) is 4.57. The first-order valence-corrected chi connectivity index (χ1v) is 8.54. The van der Waals surface area contributed by atoms with Crippen LogP contribution >= 0.6 is 23.1 Å². The van der Waals surface area contributed by atoms with E-state index in [4.69, 9.17) is 15.2 Å². The number of rotatable bonds is 8. The average molecular weight is 318 g/mol. The number of hydrogen-bond acceptors (Lipinski definition) is 7. The molecule has 1 rings (SSSR count). The largest absolute Gasteiger partial charge is 0.462 e. The molecule has 1 aromatic rings. The van der Waals surface area contributed by atoms with Crippen molar-refractivity contribution in [3.05, 3.63) is 4.88 Å². The summed E-state index contributed by atoms with van der Waals surface area (Å²) in [6.07, 6.45) is 2.14. The summed E-state index contributed by atoms with van der Waals surface area (Å²) in [5.74, 6) is -0.364. The second-order valence-corrected chi connectivity index (χ2v) is 6.11. The molecule has 0 aliphatic rings. The molecule has 5 nitrogen and oxygen atoms in total. The lowest BCUT2D eigenvalue weighted by Gasteiger charge is -2.09. The molecule has 0 atom stereocenters. The van der Waals surface area contributed by atoms with Gasteiger partial charge in [0, 0.05) is 6.54 Å². The predicted molar refractivity (Wildman–Crippen MR) is 86.0 cm³/mol. The Hall–Kier alpha value is -0.920. The first-order chi connectivity index (χ1) is 9.51. The molecule has 20 heavy (non-hydrogen) atoms. The third-order valence-electron chi connectivity index (χ3n) is 2.40. The van der Waals surface area contributed by atoms with Gasteiger partial charge in [0.25, 0.3) is 0 Å². The molecule has 0 aliphatic heterocycles. The molecular weight excluding hydrogens is 296 g/mol. The van der Waals surface area contributed by atoms with Crippen molar-refractivity contribution < 1.29 is 14.3 Å². The predicted octanol–water partition coefficient (Wildman–Crippen LogP) is 3.07. The van der Waals surface area contributed by atoms with Gasteiger partial charge in [-0.3, -0.25) is 0 Å². The third-order valence-corrected chi connectivity index (χ3v) is 4.51. The molecule has 0 saturated carbocycles. The molecule has 0 aliphatic carbocycles. The van der Waals surface area contributed by atoms with Gasteiger partial charge in [0.15, 0.2) is 0 Å². The van der Waals surface area contributed by atoms with E-state index in [0.717, 1.165) is 9.90 Å². The van der Waals surface area contributed by atoms with Crippen LogP contribution in [-0.4, -0.2) is 38.1 Å². The van der Waals surface area contributed by atoms with Gasteiger partial charge >= 0.3 is 5.97 Å². The summed E-state index contributed by atoms with van der Waals surface area (Å²) in [7, 11) is 0. The van der Waals surface area contributed by atoms with Gasteiger partial charge in [-0.15, -0.1) is 23.1 Å². The summed E-state index contributed by atoms with van der Waals surface area (Å²) < 4.78 is 10.5. The Morgan fingerprint density at radius 1 is 1.50 bits per heavy atom. The highest BCUT2D eigenvalue weighted by Crippen LogP contribution is 2.41. The summed E-state index contributed by atoms with van der Waals surface area (Å²) in [4.78, 5) is 13.2. The maximum Gasteiger partial charge on any atom is 0.350 e. The van der Waals surface area contributed by atoms with Crippen molar-refractivity contribution in [1.29, 1.82) is 0 Å². The van der Waals surface area contributed by atoms with Crippen LogP contribution in [0.3, 0.4) is 0 Å². The van der Waals surface area contributed by atoms with Crippen molar-refractivity contribution >= 4 is 39.8 Å². The van der Waals surface area contributed by atoms with E-state index in [-0.39, 0.29) is 12.1 Å². The minimum Gasteiger partial charge on any atom is -0.462 e. The monoisotopic (exact) mass is 318 g/mol. The SMILES string of the molecule is CCOC(=O)c1sc(NCCOC(C)C)c(SC)c1N. The van der Waals surface area contributed by atoms with Crippen LogP contribution in [0.2, 0.25) is 0 Å². The second kappa shape index (κ2) is 8.39. The van der Waals surface area contributed by atoms with Crippen LogP contribution in [0, 0.1) is 0 Å². The second-order valence-electron chi connectivity index (χ2n) is 4.27. The van der Waals surface area contributed by atoms with E-state index in [1.54, 1.807) is 6.92 Å². The highest BCUT2D eigenvalue weighted by molar-refractivity contribution is 7.99. The van der Waals surface area contributed by atoms with Gasteiger partial charge in [-0.1, -0.05) is 0 Å². The van der Waals surface area contributed by atoms with Crippen molar-refractivity contribution in [1.82, 2.24) is 0 Å². The maximum atomic E-state index is 11.8. The molecule has 3 N–H and O–H groups in total. The summed E-state index contributed by atoms with van der Waals surface area (Å²) in [6, 6.07) is 0. The van der Waals surface area contributed by atoms with E-state index in [2.05, 4.69) is 5.32 Å². The lowest BCUT2D eigenvalue weighted by Crippen LogP contribution is -2.12. The molecule has 0 aromatic carbocycles. The van der Waals surface area contributed by atoms with Crippen molar-refractivity contribution in [2.45, 2.75) is 31.8 Å². The summed E-state index contributed by atoms with van der Waals surface area (Å²) in [5.41, 5.74) is 6.51. The zero-order valence-corrected chi connectivity index (χ0v) is 14.0. The number of nitrogens with one attached hydrogen (secondary N) is 1. The van der Waals surface area contributed by atoms with Gasteiger partial charge in [0.1, 0.15) is 9.88 Å². The maximum absolute atomic E-state index is 11.8. The Kier molecular flexibility index (Phi) is 7.18. The van der Waals surface area contributed by atoms with Crippen LogP contribution in [0.15, 0.2) is 4.90 Å². The van der Waals surface area contributed by atoms with Gasteiger partial charge in [0.2, 0.25) is 0 Å². The standard InChI is InChI=1S/C13H22N2O3S2/c1-5-17-13(16)11-9(14)10(19-4)12(20-11)15-6-7-18-8(2)3/h8,15H,5-7,14H2,1-4H3. The number of thioether (sulfide) groups is 1. The quantitative estimate of drug-likeness (QED) is 0.436. The highest BCUT2D eigenvalue weighted by Gasteiger charge is 2.21. The van der Waals surface area contributed by atoms with E-state index >= 15 is 0 Å². The fourth-order valence-electron chi connectivity index (χ4n) is 1.56. The Balaban J connectivity index is 2.75. The molecule has 0 bridgehead atoms. The van der Waals surface area contributed by atoms with Crippen molar-refractivity contribution in [2.24, 2.45) is 0 Å². The van der Waals surface area contributed by atoms with Gasteiger partial charge < -0.3 is 20.5 Å². The van der Waals surface area contributed by atoms with Gasteiger partial charge in [-0.25, -0.2) is 4.79 Å². The molecular formula is C13H22N2O3S2. The van der Waals surface area contributed by atoms with Crippen LogP contribution < -0.4 is 11.1 Å². The fraction of sp³-hybridized carbons (Fsp3) is 0.615. The van der Waals surface area contributed by atoms with E-state index in [1.807, 2.05) is 20.1 Å². The lowest BCUT2D eigenvalue weighted by molar-refractivity contribution is 0.0533. The molecule has 0 spiro atoms. The molecule has 0 fully saturated rings. The topological polar surface area (TPSA) is 73.6 Å². The number of nitrogen functional groups attached to an aromatic ring is 1. The molecule has 0 amide bonds. The molecule has 7 heteroatoms. The van der Waals surface area contributed by atoms with Crippen LogP contribution in [0.5, 0.6) is 0 Å². The smallest absolute Gasteiger partial charge is 0.350 e. The number of carbonyl (C=O) groups is 1. The lowest BCUT2D eigenvalue weighted by atomic mass is 10.4. The highest BCUT2D eigenvalue weighted by atomic mass is 32.2. The summed E-state index contributed by atoms with van der Waals surface area (Å²) >= 11 is 2.85. The van der Waals surface area contributed by atoms with Crippen LogP contribution in [0.25, 0.3) is 0 Å². The zero-order chi connectivity index (χ0) is 15.1. The minimum absolute atomic E-state index is 0.209. The number of thiophene rings is 1. The van der Waals surface area contributed by atoms with Gasteiger partial charge in [-0.2, -0.15) is 0 Å². The van der Waals surface area contributed by atoms with E-state index < -0.39 is 0 Å². The molecule has 114 valence electrons. The Labute approximate surface area is 128 Å². The normalized spacial score (nSPS) is 10.8. The first kappa shape index (κ1) is 17.1. The number of ether oxygens (including phenoxy) is 2. The van der Waals surface area contributed by atoms with E-state index in [1.165, 1.54) is 23.1 Å². The molecule has 0 radical (unpaired) electrons.